The summed E-state index contributed by atoms with van der Waals surface area (Å²) in [5.41, 5.74) is 3.20. The van der Waals surface area contributed by atoms with Crippen molar-refractivity contribution in [1.82, 2.24) is 19.9 Å². The quantitative estimate of drug-likeness (QED) is 0.359. The molecule has 0 unspecified atom stereocenters. The van der Waals surface area contributed by atoms with E-state index in [-0.39, 0.29) is 22.6 Å². The normalized spacial score (nSPS) is 13.6. The van der Waals surface area contributed by atoms with E-state index in [0.717, 1.165) is 31.2 Å². The number of hydrogen-bond donors (Lipinski definition) is 3. The molecule has 182 valence electrons. The summed E-state index contributed by atoms with van der Waals surface area (Å²) in [5.74, 6) is -6.47. The van der Waals surface area contributed by atoms with E-state index in [1.54, 1.807) is 6.07 Å². The average Bonchev–Trinajstić information content (AvgIpc) is 3.17. The highest BCUT2D eigenvalue weighted by Crippen LogP contribution is 2.37. The number of rotatable bonds is 6. The zero-order valence-electron chi connectivity index (χ0n) is 18.7. The zero-order chi connectivity index (χ0) is 25.5. The van der Waals surface area contributed by atoms with Crippen molar-refractivity contribution in [3.8, 4) is 11.1 Å². The summed E-state index contributed by atoms with van der Waals surface area (Å²) in [5, 5.41) is 16.4. The van der Waals surface area contributed by atoms with Crippen molar-refractivity contribution in [2.75, 3.05) is 12.3 Å². The van der Waals surface area contributed by atoms with Crippen LogP contribution in [-0.2, 0) is 5.60 Å². The molecular weight excluding hydrogens is 466 g/mol. The Kier molecular flexibility index (Phi) is 5.97. The number of nitrogens with one attached hydrogen (secondary N) is 1. The van der Waals surface area contributed by atoms with E-state index in [0.29, 0.717) is 11.2 Å². The van der Waals surface area contributed by atoms with Crippen molar-refractivity contribution in [1.29, 1.82) is 0 Å². The van der Waals surface area contributed by atoms with E-state index in [1.165, 1.54) is 35.8 Å². The van der Waals surface area contributed by atoms with Crippen LogP contribution in [0.4, 0.5) is 23.5 Å². The van der Waals surface area contributed by atoms with Crippen molar-refractivity contribution in [3.05, 3.63) is 83.1 Å². The van der Waals surface area contributed by atoms with Crippen molar-refractivity contribution in [2.24, 2.45) is 0 Å². The van der Waals surface area contributed by atoms with E-state index in [1.807, 2.05) is 5.32 Å². The summed E-state index contributed by atoms with van der Waals surface area (Å²) < 4.78 is 59.7. The molecule has 0 aliphatic rings. The second-order valence-corrected chi connectivity index (χ2v) is 8.27. The molecule has 0 bridgehead atoms. The Bertz CT molecular complexity index is 1420. The molecule has 1 atom stereocenters. The van der Waals surface area contributed by atoms with Gasteiger partial charge in [-0.05, 0) is 54.8 Å². The largest absolute Gasteiger partial charge is 0.379 e. The smallest absolute Gasteiger partial charge is 0.296 e. The predicted molar refractivity (Wildman–Crippen MR) is 121 cm³/mol. The van der Waals surface area contributed by atoms with Gasteiger partial charge in [-0.1, -0.05) is 24.3 Å². The molecule has 35 heavy (non-hydrogen) atoms. The number of aryl methyl sites for hydroxylation is 1. The van der Waals surface area contributed by atoms with Gasteiger partial charge in [0.2, 0.25) is 5.95 Å². The molecule has 0 spiro atoms. The molecular formula is C24H21F4N5O2. The Morgan fingerprint density at radius 3 is 2.51 bits per heavy atom. The van der Waals surface area contributed by atoms with Gasteiger partial charge < -0.3 is 16.2 Å². The highest BCUT2D eigenvalue weighted by Gasteiger charge is 2.50. The number of carbonyl (C=O) groups is 1. The number of fused-ring (bicyclic) bond motifs is 1. The van der Waals surface area contributed by atoms with Crippen LogP contribution in [0.5, 0.6) is 0 Å². The summed E-state index contributed by atoms with van der Waals surface area (Å²) >= 11 is 0. The average molecular weight is 487 g/mol. The van der Waals surface area contributed by atoms with Gasteiger partial charge in [-0.3, -0.25) is 4.79 Å². The first-order valence-electron chi connectivity index (χ1n) is 10.5. The minimum atomic E-state index is -3.86. The van der Waals surface area contributed by atoms with Gasteiger partial charge in [-0.15, -0.1) is 5.10 Å². The summed E-state index contributed by atoms with van der Waals surface area (Å²) in [6, 6.07) is 9.94. The molecule has 2 aromatic carbocycles. The minimum Gasteiger partial charge on any atom is -0.379 e. The highest BCUT2D eigenvalue weighted by atomic mass is 19.3. The van der Waals surface area contributed by atoms with Gasteiger partial charge in [0.05, 0.1) is 12.1 Å². The van der Waals surface area contributed by atoms with Gasteiger partial charge >= 0.3 is 0 Å². The Morgan fingerprint density at radius 2 is 1.83 bits per heavy atom. The summed E-state index contributed by atoms with van der Waals surface area (Å²) in [6.07, 6.45) is 1.52. The first-order chi connectivity index (χ1) is 16.4. The fraction of sp³-hybridized carbons (Fsp3) is 0.208. The van der Waals surface area contributed by atoms with Crippen LogP contribution in [0.15, 0.2) is 54.7 Å². The third-order valence-corrected chi connectivity index (χ3v) is 5.83. The lowest BCUT2D eigenvalue weighted by Gasteiger charge is -2.33. The lowest BCUT2D eigenvalue weighted by atomic mass is 9.89. The van der Waals surface area contributed by atoms with E-state index in [4.69, 9.17) is 5.73 Å². The van der Waals surface area contributed by atoms with E-state index >= 15 is 4.39 Å². The maximum absolute atomic E-state index is 15.4. The Hall–Kier alpha value is -3.99. The zero-order valence-corrected chi connectivity index (χ0v) is 18.7. The number of nitrogens with two attached hydrogens (primary N) is 1. The molecule has 0 radical (unpaired) electrons. The van der Waals surface area contributed by atoms with Crippen LogP contribution in [0.3, 0.4) is 0 Å². The maximum Gasteiger partial charge on any atom is 0.296 e. The molecule has 2 heterocycles. The van der Waals surface area contributed by atoms with Crippen LogP contribution < -0.4 is 11.1 Å². The van der Waals surface area contributed by atoms with Crippen molar-refractivity contribution >= 4 is 17.5 Å². The van der Waals surface area contributed by atoms with Crippen molar-refractivity contribution in [3.63, 3.8) is 0 Å². The number of nitrogens with zero attached hydrogens (tertiary/aromatic N) is 3. The molecule has 7 nitrogen and oxygen atoms in total. The van der Waals surface area contributed by atoms with Crippen LogP contribution in [0.2, 0.25) is 0 Å². The number of aliphatic hydroxyl groups is 1. The molecule has 0 aliphatic carbocycles. The number of amides is 1. The fourth-order valence-corrected chi connectivity index (χ4v) is 3.68. The topological polar surface area (TPSA) is 106 Å². The monoisotopic (exact) mass is 487 g/mol. The molecule has 4 rings (SSSR count). The lowest BCUT2D eigenvalue weighted by Crippen LogP contribution is -2.50. The number of alkyl halides is 2. The van der Waals surface area contributed by atoms with Gasteiger partial charge in [0, 0.05) is 11.8 Å². The molecule has 2 aromatic heterocycles. The summed E-state index contributed by atoms with van der Waals surface area (Å²) in [6.45, 7) is 1.04. The van der Waals surface area contributed by atoms with E-state index < -0.39 is 41.2 Å². The fourth-order valence-electron chi connectivity index (χ4n) is 3.68. The van der Waals surface area contributed by atoms with Crippen LogP contribution in [0, 0.1) is 18.6 Å². The number of nitrogen functional groups attached to an aromatic ring is 1. The molecule has 4 N–H and O–H groups in total. The number of anilines is 1. The van der Waals surface area contributed by atoms with Gasteiger partial charge in [0.1, 0.15) is 11.6 Å². The van der Waals surface area contributed by atoms with Crippen LogP contribution in [0.25, 0.3) is 16.8 Å². The number of hydrogen-bond acceptors (Lipinski definition) is 5. The third-order valence-electron chi connectivity index (χ3n) is 5.83. The number of halogens is 4. The molecule has 1 amide bonds. The summed E-state index contributed by atoms with van der Waals surface area (Å²) in [4.78, 5) is 16.8. The van der Waals surface area contributed by atoms with Crippen molar-refractivity contribution < 1.29 is 27.5 Å². The maximum atomic E-state index is 15.4. The first kappa shape index (κ1) is 24.1. The van der Waals surface area contributed by atoms with Crippen molar-refractivity contribution in [2.45, 2.75) is 25.4 Å². The number of benzene rings is 2. The van der Waals surface area contributed by atoms with Crippen LogP contribution >= 0.6 is 0 Å². The Labute approximate surface area is 197 Å². The molecule has 0 saturated carbocycles. The second kappa shape index (κ2) is 8.66. The summed E-state index contributed by atoms with van der Waals surface area (Å²) in [7, 11) is 0. The van der Waals surface area contributed by atoms with E-state index in [2.05, 4.69) is 10.1 Å². The van der Waals surface area contributed by atoms with Crippen LogP contribution in [-0.4, -0.2) is 38.1 Å². The third kappa shape index (κ3) is 4.42. The van der Waals surface area contributed by atoms with E-state index in [9.17, 15) is 23.1 Å². The highest BCUT2D eigenvalue weighted by molar-refractivity contribution is 5.97. The second-order valence-electron chi connectivity index (χ2n) is 8.27. The van der Waals surface area contributed by atoms with Gasteiger partial charge in [-0.25, -0.2) is 22.1 Å². The van der Waals surface area contributed by atoms with Gasteiger partial charge in [0.15, 0.2) is 11.2 Å². The SMILES string of the molecule is Cc1ccc(-c2ccn3nc(N)nc3c2)c(F)c1C(=O)NCC(F)(F)[C@](C)(O)c1ccc(F)cc1. The first-order valence-corrected chi connectivity index (χ1v) is 10.5. The van der Waals surface area contributed by atoms with Crippen LogP contribution in [0.1, 0.15) is 28.4 Å². The minimum absolute atomic E-state index is 0.0315. The molecule has 0 fully saturated rings. The predicted octanol–water partition coefficient (Wildman–Crippen LogP) is 3.84. The number of carbonyl (C=O) groups excluding carboxylic acids is 1. The number of aromatic nitrogens is 3. The molecule has 0 aliphatic heterocycles. The van der Waals surface area contributed by atoms with Gasteiger partial charge in [-0.2, -0.15) is 4.98 Å². The van der Waals surface area contributed by atoms with Gasteiger partial charge in [0.25, 0.3) is 11.8 Å². The number of pyridine rings is 1. The lowest BCUT2D eigenvalue weighted by molar-refractivity contribution is -0.173. The molecule has 11 heteroatoms. The Balaban J connectivity index is 1.60. The molecule has 0 saturated heterocycles. The standard InChI is InChI=1S/C24H21F4N5O2/c1-13-3-8-17(14-9-10-33-18(11-14)31-22(29)32-33)20(26)19(13)21(34)30-12-24(27,28)23(2,35)15-4-6-16(25)7-5-15/h3-11,35H,12H2,1-2H3,(H2,29,32)(H,30,34)/t23-/m1/s1. The molecule has 4 aromatic rings. The Morgan fingerprint density at radius 1 is 1.14 bits per heavy atom.